The summed E-state index contributed by atoms with van der Waals surface area (Å²) in [6.07, 6.45) is 0.841. The standard InChI is InChI=1S/C17H16Cl2N2O2/c1-21(14-7-3-12(4-8-14)17(20)23)16(22)9-5-11-2-6-13(18)10-15(11)19/h2-4,6-8,10H,5,9H2,1H3,(H2,20,23). The van der Waals surface area contributed by atoms with Crippen LogP contribution < -0.4 is 10.6 Å². The number of benzene rings is 2. The molecule has 2 aromatic rings. The van der Waals surface area contributed by atoms with E-state index in [9.17, 15) is 9.59 Å². The van der Waals surface area contributed by atoms with Gasteiger partial charge >= 0.3 is 0 Å². The van der Waals surface area contributed by atoms with Crippen LogP contribution >= 0.6 is 23.2 Å². The Hall–Kier alpha value is -2.04. The summed E-state index contributed by atoms with van der Waals surface area (Å²) in [4.78, 5) is 24.9. The Bertz CT molecular complexity index is 730. The molecule has 0 aromatic heterocycles. The Morgan fingerprint density at radius 2 is 1.74 bits per heavy atom. The van der Waals surface area contributed by atoms with Crippen molar-refractivity contribution in [3.05, 3.63) is 63.6 Å². The van der Waals surface area contributed by atoms with Crippen molar-refractivity contribution in [3.63, 3.8) is 0 Å². The molecule has 0 aliphatic carbocycles. The zero-order chi connectivity index (χ0) is 17.0. The third-order valence-corrected chi connectivity index (χ3v) is 4.12. The Morgan fingerprint density at radius 1 is 1.09 bits per heavy atom. The van der Waals surface area contributed by atoms with Crippen molar-refractivity contribution >= 4 is 40.7 Å². The molecule has 0 saturated heterocycles. The first-order valence-electron chi connectivity index (χ1n) is 6.99. The number of hydrogen-bond donors (Lipinski definition) is 1. The van der Waals surface area contributed by atoms with Crippen LogP contribution in [0.1, 0.15) is 22.3 Å². The minimum absolute atomic E-state index is 0.0529. The minimum atomic E-state index is -0.497. The second-order valence-corrected chi connectivity index (χ2v) is 5.94. The summed E-state index contributed by atoms with van der Waals surface area (Å²) in [6, 6.07) is 11.8. The topological polar surface area (TPSA) is 63.4 Å². The van der Waals surface area contributed by atoms with Crippen LogP contribution in [0.2, 0.25) is 10.0 Å². The molecule has 2 amide bonds. The van der Waals surface area contributed by atoms with E-state index in [4.69, 9.17) is 28.9 Å². The molecule has 6 heteroatoms. The molecule has 4 nitrogen and oxygen atoms in total. The Balaban J connectivity index is 2.00. The fraction of sp³-hybridized carbons (Fsp3) is 0.176. The fourth-order valence-electron chi connectivity index (χ4n) is 2.13. The number of nitrogens with two attached hydrogens (primary N) is 1. The van der Waals surface area contributed by atoms with Gasteiger partial charge in [-0.15, -0.1) is 0 Å². The van der Waals surface area contributed by atoms with Crippen molar-refractivity contribution in [2.45, 2.75) is 12.8 Å². The zero-order valence-electron chi connectivity index (χ0n) is 12.6. The van der Waals surface area contributed by atoms with Gasteiger partial charge in [-0.2, -0.15) is 0 Å². The van der Waals surface area contributed by atoms with E-state index in [2.05, 4.69) is 0 Å². The van der Waals surface area contributed by atoms with Crippen molar-refractivity contribution in [2.24, 2.45) is 5.73 Å². The summed E-state index contributed by atoms with van der Waals surface area (Å²) in [7, 11) is 1.69. The largest absolute Gasteiger partial charge is 0.366 e. The van der Waals surface area contributed by atoms with E-state index in [1.54, 1.807) is 43.4 Å². The highest BCUT2D eigenvalue weighted by Gasteiger charge is 2.12. The van der Waals surface area contributed by atoms with Gasteiger partial charge in [-0.3, -0.25) is 9.59 Å². The van der Waals surface area contributed by atoms with Crippen LogP contribution in [0.4, 0.5) is 5.69 Å². The molecule has 0 aliphatic rings. The first-order chi connectivity index (χ1) is 10.9. The van der Waals surface area contributed by atoms with Gasteiger partial charge < -0.3 is 10.6 Å². The smallest absolute Gasteiger partial charge is 0.248 e. The molecule has 2 aromatic carbocycles. The minimum Gasteiger partial charge on any atom is -0.366 e. The maximum absolute atomic E-state index is 12.3. The van der Waals surface area contributed by atoms with E-state index in [1.165, 1.54) is 4.90 Å². The van der Waals surface area contributed by atoms with Gasteiger partial charge in [-0.25, -0.2) is 0 Å². The molecule has 0 saturated carbocycles. The molecule has 2 rings (SSSR count). The Kier molecular flexibility index (Phi) is 5.64. The van der Waals surface area contributed by atoms with Crippen molar-refractivity contribution in [1.82, 2.24) is 0 Å². The third-order valence-electron chi connectivity index (χ3n) is 3.54. The van der Waals surface area contributed by atoms with Gasteiger partial charge in [-0.05, 0) is 48.4 Å². The molecule has 0 atom stereocenters. The van der Waals surface area contributed by atoms with E-state index in [-0.39, 0.29) is 5.91 Å². The van der Waals surface area contributed by atoms with E-state index >= 15 is 0 Å². The van der Waals surface area contributed by atoms with Gasteiger partial charge in [0, 0.05) is 34.8 Å². The van der Waals surface area contributed by atoms with Gasteiger partial charge in [0.15, 0.2) is 0 Å². The lowest BCUT2D eigenvalue weighted by molar-refractivity contribution is -0.118. The summed E-state index contributed by atoms with van der Waals surface area (Å²) >= 11 is 12.0. The predicted octanol–water partition coefficient (Wildman–Crippen LogP) is 3.69. The van der Waals surface area contributed by atoms with Crippen LogP contribution in [0.3, 0.4) is 0 Å². The van der Waals surface area contributed by atoms with Crippen LogP contribution in [-0.4, -0.2) is 18.9 Å². The lowest BCUT2D eigenvalue weighted by Gasteiger charge is -2.17. The molecule has 23 heavy (non-hydrogen) atoms. The maximum atomic E-state index is 12.3. The molecular formula is C17H16Cl2N2O2. The molecule has 0 fully saturated rings. The first kappa shape index (κ1) is 17.3. The average molecular weight is 351 g/mol. The predicted molar refractivity (Wildman–Crippen MR) is 93.2 cm³/mol. The number of amides is 2. The van der Waals surface area contributed by atoms with Gasteiger partial charge in [0.2, 0.25) is 11.8 Å². The first-order valence-corrected chi connectivity index (χ1v) is 7.74. The molecule has 0 unspecified atom stereocenters. The number of carbonyl (C=O) groups is 2. The monoisotopic (exact) mass is 350 g/mol. The highest BCUT2D eigenvalue weighted by molar-refractivity contribution is 6.35. The lowest BCUT2D eigenvalue weighted by Crippen LogP contribution is -2.26. The molecule has 2 N–H and O–H groups in total. The molecule has 120 valence electrons. The molecule has 0 bridgehead atoms. The van der Waals surface area contributed by atoms with Gasteiger partial charge in [-0.1, -0.05) is 29.3 Å². The van der Waals surface area contributed by atoms with Crippen LogP contribution in [-0.2, 0) is 11.2 Å². The Morgan fingerprint density at radius 3 is 2.30 bits per heavy atom. The van der Waals surface area contributed by atoms with Crippen molar-refractivity contribution in [2.75, 3.05) is 11.9 Å². The number of anilines is 1. The van der Waals surface area contributed by atoms with E-state index in [1.807, 2.05) is 6.07 Å². The summed E-state index contributed by atoms with van der Waals surface area (Å²) < 4.78 is 0. The summed E-state index contributed by atoms with van der Waals surface area (Å²) in [6.45, 7) is 0. The second-order valence-electron chi connectivity index (χ2n) is 5.10. The summed E-state index contributed by atoms with van der Waals surface area (Å²) in [5.74, 6) is -0.550. The SMILES string of the molecule is CN(C(=O)CCc1ccc(Cl)cc1Cl)c1ccc(C(N)=O)cc1. The quantitative estimate of drug-likeness (QED) is 0.893. The van der Waals surface area contributed by atoms with Crippen LogP contribution in [0.15, 0.2) is 42.5 Å². The molecular weight excluding hydrogens is 335 g/mol. The average Bonchev–Trinajstić information content (AvgIpc) is 2.53. The fourth-order valence-corrected chi connectivity index (χ4v) is 2.63. The normalized spacial score (nSPS) is 10.4. The van der Waals surface area contributed by atoms with E-state index in [0.29, 0.717) is 34.1 Å². The van der Waals surface area contributed by atoms with Gasteiger partial charge in [0.25, 0.3) is 0 Å². The van der Waals surface area contributed by atoms with Crippen molar-refractivity contribution in [3.8, 4) is 0 Å². The third kappa shape index (κ3) is 4.47. The molecule has 0 aliphatic heterocycles. The number of halogens is 2. The lowest BCUT2D eigenvalue weighted by atomic mass is 10.1. The van der Waals surface area contributed by atoms with Crippen LogP contribution in [0.25, 0.3) is 0 Å². The van der Waals surface area contributed by atoms with Gasteiger partial charge in [0.05, 0.1) is 0 Å². The second kappa shape index (κ2) is 7.49. The Labute approximate surface area is 144 Å². The highest BCUT2D eigenvalue weighted by atomic mass is 35.5. The zero-order valence-corrected chi connectivity index (χ0v) is 14.1. The van der Waals surface area contributed by atoms with Crippen molar-refractivity contribution in [1.29, 1.82) is 0 Å². The summed E-state index contributed by atoms with van der Waals surface area (Å²) in [5, 5.41) is 1.12. The number of primary amides is 1. The van der Waals surface area contributed by atoms with Crippen molar-refractivity contribution < 1.29 is 9.59 Å². The molecule has 0 heterocycles. The van der Waals surface area contributed by atoms with Crippen LogP contribution in [0.5, 0.6) is 0 Å². The number of carbonyl (C=O) groups excluding carboxylic acids is 2. The van der Waals surface area contributed by atoms with Gasteiger partial charge in [0.1, 0.15) is 0 Å². The molecule has 0 radical (unpaired) electrons. The van der Waals surface area contributed by atoms with E-state index in [0.717, 1.165) is 5.56 Å². The highest BCUT2D eigenvalue weighted by Crippen LogP contribution is 2.23. The number of rotatable bonds is 5. The molecule has 0 spiro atoms. The number of nitrogens with zero attached hydrogens (tertiary/aromatic N) is 1. The maximum Gasteiger partial charge on any atom is 0.248 e. The number of hydrogen-bond acceptors (Lipinski definition) is 2. The number of aryl methyl sites for hydroxylation is 1. The van der Waals surface area contributed by atoms with Crippen LogP contribution in [0, 0.1) is 0 Å². The van der Waals surface area contributed by atoms with E-state index < -0.39 is 5.91 Å². The summed E-state index contributed by atoms with van der Waals surface area (Å²) in [5.41, 5.74) is 7.17.